The molecule has 0 aliphatic heterocycles. The Morgan fingerprint density at radius 2 is 1.39 bits per heavy atom. The van der Waals surface area contributed by atoms with E-state index in [1.807, 2.05) is 38.1 Å². The number of aryl methyl sites for hydroxylation is 2. The van der Waals surface area contributed by atoms with Crippen LogP contribution in [0.2, 0.25) is 0 Å². The van der Waals surface area contributed by atoms with Crippen LogP contribution in [-0.2, 0) is 0 Å². The van der Waals surface area contributed by atoms with Crippen LogP contribution in [0.5, 0.6) is 0 Å². The normalized spacial score (nSPS) is 11.9. The van der Waals surface area contributed by atoms with Gasteiger partial charge in [-0.15, -0.1) is 0 Å². The summed E-state index contributed by atoms with van der Waals surface area (Å²) in [7, 11) is 0. The molecule has 1 aromatic heterocycles. The van der Waals surface area contributed by atoms with Crippen molar-refractivity contribution in [2.24, 2.45) is 0 Å². The van der Waals surface area contributed by atoms with Crippen LogP contribution < -0.4 is 5.56 Å². The van der Waals surface area contributed by atoms with Crippen LogP contribution in [0.4, 0.5) is 0 Å². The van der Waals surface area contributed by atoms with E-state index in [1.54, 1.807) is 48.5 Å². The maximum Gasteiger partial charge on any atom is 0.357 e. The van der Waals surface area contributed by atoms with Crippen molar-refractivity contribution >= 4 is 22.5 Å². The molecule has 154 valence electrons. The zero-order valence-electron chi connectivity index (χ0n) is 17.1. The minimum Gasteiger partial charge on any atom is -0.476 e. The molecule has 3 aromatic carbocycles. The Balaban J connectivity index is 2.01. The lowest BCUT2D eigenvalue weighted by Gasteiger charge is -2.20. The number of rotatable bonds is 5. The van der Waals surface area contributed by atoms with E-state index in [9.17, 15) is 19.5 Å². The molecular formula is C25H20N2O4. The average Bonchev–Trinajstić information content (AvgIpc) is 2.77. The molecule has 0 fully saturated rings. The van der Waals surface area contributed by atoms with Crippen molar-refractivity contribution in [1.29, 1.82) is 0 Å². The fourth-order valence-corrected chi connectivity index (χ4v) is 3.57. The number of carbonyl (C=O) groups excluding carboxylic acids is 1. The molecule has 31 heavy (non-hydrogen) atoms. The first-order chi connectivity index (χ1) is 14.9. The van der Waals surface area contributed by atoms with Gasteiger partial charge in [0.1, 0.15) is 6.04 Å². The van der Waals surface area contributed by atoms with Crippen LogP contribution in [0.15, 0.2) is 77.6 Å². The van der Waals surface area contributed by atoms with Gasteiger partial charge in [0.05, 0.1) is 5.39 Å². The predicted molar refractivity (Wildman–Crippen MR) is 118 cm³/mol. The van der Waals surface area contributed by atoms with Gasteiger partial charge < -0.3 is 5.11 Å². The summed E-state index contributed by atoms with van der Waals surface area (Å²) in [6.45, 7) is 3.84. The van der Waals surface area contributed by atoms with Crippen molar-refractivity contribution < 1.29 is 14.7 Å². The molecule has 0 bridgehead atoms. The van der Waals surface area contributed by atoms with Crippen LogP contribution in [0, 0.1) is 13.8 Å². The van der Waals surface area contributed by atoms with E-state index in [4.69, 9.17) is 0 Å². The second kappa shape index (κ2) is 7.99. The largest absolute Gasteiger partial charge is 0.476 e. The van der Waals surface area contributed by atoms with E-state index in [-0.39, 0.29) is 22.2 Å². The number of hydrogen-bond acceptors (Lipinski definition) is 4. The number of carbonyl (C=O) groups is 2. The monoisotopic (exact) mass is 412 g/mol. The van der Waals surface area contributed by atoms with Gasteiger partial charge in [-0.25, -0.2) is 9.48 Å². The highest BCUT2D eigenvalue weighted by molar-refractivity contribution is 6.03. The summed E-state index contributed by atoms with van der Waals surface area (Å²) in [4.78, 5) is 38.8. The first-order valence-electron chi connectivity index (χ1n) is 9.79. The zero-order valence-corrected chi connectivity index (χ0v) is 17.1. The third-order valence-electron chi connectivity index (χ3n) is 5.25. The van der Waals surface area contributed by atoms with Crippen LogP contribution in [0.1, 0.15) is 43.6 Å². The number of benzene rings is 3. The highest BCUT2D eigenvalue weighted by Gasteiger charge is 2.28. The molecule has 1 atom stereocenters. The first-order valence-corrected chi connectivity index (χ1v) is 9.79. The summed E-state index contributed by atoms with van der Waals surface area (Å²) in [6, 6.07) is 19.5. The highest BCUT2D eigenvalue weighted by atomic mass is 16.4. The molecule has 4 aromatic rings. The number of fused-ring (bicyclic) bond motifs is 1. The second-order valence-electron chi connectivity index (χ2n) is 7.49. The number of ketones is 1. The molecule has 0 saturated heterocycles. The number of carboxylic acid groups (broad SMARTS) is 1. The molecule has 0 spiro atoms. The molecule has 1 heterocycles. The van der Waals surface area contributed by atoms with Gasteiger partial charge in [-0.1, -0.05) is 77.9 Å². The van der Waals surface area contributed by atoms with E-state index in [0.717, 1.165) is 15.8 Å². The Bertz CT molecular complexity index is 1350. The van der Waals surface area contributed by atoms with Crippen LogP contribution in [-0.4, -0.2) is 26.6 Å². The topological polar surface area (TPSA) is 89.3 Å². The number of nitrogens with zero attached hydrogens (tertiary/aromatic N) is 2. The lowest BCUT2D eigenvalue weighted by Crippen LogP contribution is -2.34. The summed E-state index contributed by atoms with van der Waals surface area (Å²) in [6.07, 6.45) is 0. The Morgan fingerprint density at radius 3 is 1.97 bits per heavy atom. The van der Waals surface area contributed by atoms with Crippen molar-refractivity contribution in [3.8, 4) is 0 Å². The summed E-state index contributed by atoms with van der Waals surface area (Å²) >= 11 is 0. The molecular weight excluding hydrogens is 392 g/mol. The van der Waals surface area contributed by atoms with E-state index < -0.39 is 17.6 Å². The van der Waals surface area contributed by atoms with E-state index in [0.29, 0.717) is 11.1 Å². The fraction of sp³-hybridized carbons (Fsp3) is 0.120. The van der Waals surface area contributed by atoms with Gasteiger partial charge in [0, 0.05) is 10.9 Å². The van der Waals surface area contributed by atoms with Gasteiger partial charge in [0.25, 0.3) is 5.56 Å². The number of Topliss-reactive ketones (excluding diaryl/α,β-unsaturated/α-hetero) is 1. The lowest BCUT2D eigenvalue weighted by atomic mass is 9.96. The van der Waals surface area contributed by atoms with Crippen LogP contribution in [0.25, 0.3) is 10.8 Å². The predicted octanol–water partition coefficient (Wildman–Crippen LogP) is 4.18. The van der Waals surface area contributed by atoms with Gasteiger partial charge in [-0.05, 0) is 25.5 Å². The molecule has 0 radical (unpaired) electrons. The van der Waals surface area contributed by atoms with E-state index >= 15 is 0 Å². The number of aromatic nitrogens is 2. The molecule has 0 amide bonds. The van der Waals surface area contributed by atoms with Gasteiger partial charge >= 0.3 is 5.97 Å². The molecule has 0 aliphatic rings. The lowest BCUT2D eigenvalue weighted by molar-refractivity contribution is 0.0687. The van der Waals surface area contributed by atoms with E-state index in [1.165, 1.54) is 0 Å². The van der Waals surface area contributed by atoms with Crippen molar-refractivity contribution in [3.63, 3.8) is 0 Å². The SMILES string of the molecule is Cc1ccc(C(=O)C(c2ccc(C)cc2)n2nc(C(=O)O)c3ccccc3c2=O)cc1. The molecule has 4 rings (SSSR count). The Hall–Kier alpha value is -4.06. The minimum absolute atomic E-state index is 0.198. The third kappa shape index (κ3) is 3.75. The number of hydrogen-bond donors (Lipinski definition) is 1. The zero-order chi connectivity index (χ0) is 22.1. The molecule has 1 unspecified atom stereocenters. The van der Waals surface area contributed by atoms with Gasteiger partial charge in [0.2, 0.25) is 0 Å². The average molecular weight is 412 g/mol. The number of aromatic carboxylic acids is 1. The van der Waals surface area contributed by atoms with E-state index in [2.05, 4.69) is 5.10 Å². The quantitative estimate of drug-likeness (QED) is 0.497. The van der Waals surface area contributed by atoms with Crippen LogP contribution >= 0.6 is 0 Å². The Morgan fingerprint density at radius 1 is 0.839 bits per heavy atom. The molecule has 6 heteroatoms. The second-order valence-corrected chi connectivity index (χ2v) is 7.49. The standard InChI is InChI=1S/C25H20N2O4/c1-15-7-11-17(12-8-15)22(23(28)18-13-9-16(2)10-14-18)27-24(29)20-6-4-3-5-19(20)21(26-27)25(30)31/h3-14,22H,1-2H3,(H,30,31). The minimum atomic E-state index is -1.27. The maximum atomic E-state index is 13.6. The van der Waals surface area contributed by atoms with Crippen molar-refractivity contribution in [3.05, 3.63) is 111 Å². The third-order valence-corrected chi connectivity index (χ3v) is 5.25. The van der Waals surface area contributed by atoms with Gasteiger partial charge in [-0.3, -0.25) is 9.59 Å². The van der Waals surface area contributed by atoms with Crippen molar-refractivity contribution in [1.82, 2.24) is 9.78 Å². The van der Waals surface area contributed by atoms with Crippen molar-refractivity contribution in [2.45, 2.75) is 19.9 Å². The fourth-order valence-electron chi connectivity index (χ4n) is 3.57. The van der Waals surface area contributed by atoms with Gasteiger partial charge in [0.15, 0.2) is 11.5 Å². The Labute approximate surface area is 178 Å². The maximum absolute atomic E-state index is 13.6. The van der Waals surface area contributed by atoms with Crippen LogP contribution in [0.3, 0.4) is 0 Å². The summed E-state index contributed by atoms with van der Waals surface area (Å²) in [5, 5.41) is 14.3. The first kappa shape index (κ1) is 20.2. The smallest absolute Gasteiger partial charge is 0.357 e. The Kier molecular flexibility index (Phi) is 5.21. The highest BCUT2D eigenvalue weighted by Crippen LogP contribution is 2.24. The molecule has 0 saturated carbocycles. The molecule has 1 N–H and O–H groups in total. The van der Waals surface area contributed by atoms with Gasteiger partial charge in [-0.2, -0.15) is 5.10 Å². The summed E-state index contributed by atoms with van der Waals surface area (Å²) < 4.78 is 0.999. The van der Waals surface area contributed by atoms with Crippen molar-refractivity contribution in [2.75, 3.05) is 0 Å². The summed E-state index contributed by atoms with van der Waals surface area (Å²) in [5.41, 5.74) is 2.16. The molecule has 0 aliphatic carbocycles. The number of carboxylic acids is 1. The summed E-state index contributed by atoms with van der Waals surface area (Å²) in [5.74, 6) is -1.61. The molecule has 6 nitrogen and oxygen atoms in total.